The third-order valence-electron chi connectivity index (χ3n) is 1.15. The summed E-state index contributed by atoms with van der Waals surface area (Å²) in [6, 6.07) is 0. The van der Waals surface area contributed by atoms with E-state index in [1.165, 1.54) is 13.0 Å². The van der Waals surface area contributed by atoms with E-state index in [1.807, 2.05) is 0 Å². The minimum absolute atomic E-state index is 0.135. The Kier molecular flexibility index (Phi) is 6.02. The number of hydrogen-bond acceptors (Lipinski definition) is 5. The number of hydrogen-bond donors (Lipinski definition) is 0. The molecule has 14 heavy (non-hydrogen) atoms. The third kappa shape index (κ3) is 4.39. The first kappa shape index (κ1) is 12.3. The highest BCUT2D eigenvalue weighted by atomic mass is 16.6. The highest BCUT2D eigenvalue weighted by Gasteiger charge is 2.18. The molecule has 0 aliphatic rings. The van der Waals surface area contributed by atoms with E-state index in [1.54, 1.807) is 6.92 Å². The first-order valence-corrected chi connectivity index (χ1v) is 4.12. The molecule has 5 nitrogen and oxygen atoms in total. The Morgan fingerprint density at radius 1 is 1.50 bits per heavy atom. The molecule has 0 aliphatic carbocycles. The van der Waals surface area contributed by atoms with Crippen molar-refractivity contribution < 1.29 is 19.2 Å². The van der Waals surface area contributed by atoms with Crippen LogP contribution in [-0.4, -0.2) is 30.7 Å². The average Bonchev–Trinajstić information content (AvgIpc) is 2.12. The summed E-state index contributed by atoms with van der Waals surface area (Å²) in [6.07, 6.45) is 1.45. The molecule has 0 heterocycles. The minimum Gasteiger partial charge on any atom is -0.461 e. The Hall–Kier alpha value is -1.65. The van der Waals surface area contributed by atoms with E-state index in [0.29, 0.717) is 0 Å². The molecule has 0 rings (SSSR count). The summed E-state index contributed by atoms with van der Waals surface area (Å²) in [5, 5.41) is 3.35. The monoisotopic (exact) mass is 199 g/mol. The fourth-order valence-electron chi connectivity index (χ4n) is 0.599. The molecule has 0 radical (unpaired) electrons. The zero-order valence-electron chi connectivity index (χ0n) is 8.28. The van der Waals surface area contributed by atoms with Crippen molar-refractivity contribution in [3.8, 4) is 0 Å². The number of nitrogens with zero attached hydrogens (tertiary/aromatic N) is 1. The van der Waals surface area contributed by atoms with Crippen molar-refractivity contribution in [1.82, 2.24) is 0 Å². The fraction of sp³-hybridized carbons (Fsp3) is 0.444. The molecule has 0 spiro atoms. The van der Waals surface area contributed by atoms with Gasteiger partial charge in [0.15, 0.2) is 5.78 Å². The minimum atomic E-state index is -0.774. The summed E-state index contributed by atoms with van der Waals surface area (Å²) >= 11 is 0. The van der Waals surface area contributed by atoms with Crippen LogP contribution in [0, 0.1) is 0 Å². The van der Waals surface area contributed by atoms with Gasteiger partial charge < -0.3 is 9.57 Å². The second-order valence-corrected chi connectivity index (χ2v) is 2.30. The van der Waals surface area contributed by atoms with Gasteiger partial charge in [-0.1, -0.05) is 17.8 Å². The van der Waals surface area contributed by atoms with Crippen LogP contribution in [0.1, 0.15) is 13.8 Å². The van der Waals surface area contributed by atoms with Gasteiger partial charge in [0.1, 0.15) is 6.61 Å². The number of oxime groups is 1. The molecule has 0 aromatic carbocycles. The molecule has 0 saturated heterocycles. The Morgan fingerprint density at radius 2 is 2.14 bits per heavy atom. The van der Waals surface area contributed by atoms with Crippen molar-refractivity contribution in [2.45, 2.75) is 13.8 Å². The van der Waals surface area contributed by atoms with Gasteiger partial charge in [-0.05, 0) is 6.92 Å². The van der Waals surface area contributed by atoms with Crippen LogP contribution in [0.3, 0.4) is 0 Å². The SMILES string of the molecule is C=CCON=C(C(C)=O)C(=O)OCC. The molecular weight excluding hydrogens is 186 g/mol. The van der Waals surface area contributed by atoms with E-state index in [4.69, 9.17) is 0 Å². The Labute approximate surface area is 82.4 Å². The number of rotatable bonds is 6. The lowest BCUT2D eigenvalue weighted by atomic mass is 10.3. The molecule has 0 saturated carbocycles. The van der Waals surface area contributed by atoms with Gasteiger partial charge in [-0.3, -0.25) is 4.79 Å². The maximum Gasteiger partial charge on any atom is 0.364 e. The van der Waals surface area contributed by atoms with Crippen molar-refractivity contribution >= 4 is 17.5 Å². The lowest BCUT2D eigenvalue weighted by molar-refractivity contribution is -0.135. The van der Waals surface area contributed by atoms with Crippen LogP contribution in [0.25, 0.3) is 0 Å². The predicted molar refractivity (Wildman–Crippen MR) is 50.9 cm³/mol. The summed E-state index contributed by atoms with van der Waals surface area (Å²) in [6.45, 7) is 6.56. The van der Waals surface area contributed by atoms with Crippen LogP contribution in [0.2, 0.25) is 0 Å². The zero-order valence-corrected chi connectivity index (χ0v) is 8.28. The van der Waals surface area contributed by atoms with E-state index in [9.17, 15) is 9.59 Å². The summed E-state index contributed by atoms with van der Waals surface area (Å²) in [5.74, 6) is -1.27. The van der Waals surface area contributed by atoms with Crippen molar-refractivity contribution in [1.29, 1.82) is 0 Å². The van der Waals surface area contributed by atoms with Crippen molar-refractivity contribution in [3.05, 3.63) is 12.7 Å². The van der Waals surface area contributed by atoms with Crippen LogP contribution >= 0.6 is 0 Å². The summed E-state index contributed by atoms with van der Waals surface area (Å²) in [5.41, 5.74) is -0.339. The average molecular weight is 199 g/mol. The summed E-state index contributed by atoms with van der Waals surface area (Å²) in [7, 11) is 0. The number of Topliss-reactive ketones (excluding diaryl/α,β-unsaturated/α-hetero) is 1. The predicted octanol–water partition coefficient (Wildman–Crippen LogP) is 0.697. The third-order valence-corrected chi connectivity index (χ3v) is 1.15. The van der Waals surface area contributed by atoms with E-state index >= 15 is 0 Å². The van der Waals surface area contributed by atoms with Crippen LogP contribution in [0.4, 0.5) is 0 Å². The van der Waals surface area contributed by atoms with Crippen molar-refractivity contribution in [2.75, 3.05) is 13.2 Å². The first-order chi connectivity index (χ1) is 6.63. The number of carbonyl (C=O) groups excluding carboxylic acids is 2. The molecule has 0 amide bonds. The van der Waals surface area contributed by atoms with E-state index in [0.717, 1.165) is 0 Å². The quantitative estimate of drug-likeness (QED) is 0.158. The van der Waals surface area contributed by atoms with Gasteiger partial charge in [0, 0.05) is 6.92 Å². The molecule has 0 aromatic rings. The number of esters is 1. The molecule has 0 atom stereocenters. The van der Waals surface area contributed by atoms with Crippen molar-refractivity contribution in [3.63, 3.8) is 0 Å². The highest BCUT2D eigenvalue weighted by Crippen LogP contribution is 1.90. The lowest BCUT2D eigenvalue weighted by Crippen LogP contribution is -2.24. The standard InChI is InChI=1S/C9H13NO4/c1-4-6-14-10-8(7(3)11)9(12)13-5-2/h4H,1,5-6H2,2-3H3. The number of carbonyl (C=O) groups is 2. The van der Waals surface area contributed by atoms with Gasteiger partial charge in [-0.15, -0.1) is 0 Å². The van der Waals surface area contributed by atoms with E-state index in [-0.39, 0.29) is 18.9 Å². The Balaban J connectivity index is 4.42. The van der Waals surface area contributed by atoms with Crippen LogP contribution in [0.5, 0.6) is 0 Å². The topological polar surface area (TPSA) is 65.0 Å². The fourth-order valence-corrected chi connectivity index (χ4v) is 0.599. The van der Waals surface area contributed by atoms with Crippen LogP contribution < -0.4 is 0 Å². The summed E-state index contributed by atoms with van der Waals surface area (Å²) in [4.78, 5) is 26.6. The molecule has 0 aliphatic heterocycles. The van der Waals surface area contributed by atoms with Gasteiger partial charge in [-0.25, -0.2) is 4.79 Å². The van der Waals surface area contributed by atoms with Crippen molar-refractivity contribution in [2.24, 2.45) is 5.16 Å². The maximum absolute atomic E-state index is 11.1. The molecule has 0 fully saturated rings. The number of ether oxygens (including phenoxy) is 1. The second kappa shape index (κ2) is 6.82. The zero-order chi connectivity index (χ0) is 11.0. The van der Waals surface area contributed by atoms with Gasteiger partial charge in [0.2, 0.25) is 5.71 Å². The molecule has 0 aromatic heterocycles. The molecule has 5 heteroatoms. The van der Waals surface area contributed by atoms with Crippen LogP contribution in [-0.2, 0) is 19.2 Å². The molecule has 0 bridgehead atoms. The maximum atomic E-state index is 11.1. The number of ketones is 1. The molecule has 0 N–H and O–H groups in total. The smallest absolute Gasteiger partial charge is 0.364 e. The van der Waals surface area contributed by atoms with E-state index in [2.05, 4.69) is 21.3 Å². The van der Waals surface area contributed by atoms with Gasteiger partial charge in [0.25, 0.3) is 0 Å². The molecule has 0 unspecified atom stereocenters. The highest BCUT2D eigenvalue weighted by molar-refractivity contribution is 6.63. The Morgan fingerprint density at radius 3 is 2.57 bits per heavy atom. The first-order valence-electron chi connectivity index (χ1n) is 4.12. The summed E-state index contributed by atoms with van der Waals surface area (Å²) < 4.78 is 4.60. The Bertz CT molecular complexity index is 258. The largest absolute Gasteiger partial charge is 0.461 e. The van der Waals surface area contributed by atoms with E-state index < -0.39 is 11.8 Å². The normalized spacial score (nSPS) is 10.6. The second-order valence-electron chi connectivity index (χ2n) is 2.30. The van der Waals surface area contributed by atoms with Gasteiger partial charge in [-0.2, -0.15) is 0 Å². The van der Waals surface area contributed by atoms with Gasteiger partial charge >= 0.3 is 5.97 Å². The van der Waals surface area contributed by atoms with Crippen LogP contribution in [0.15, 0.2) is 17.8 Å². The molecule has 78 valence electrons. The lowest BCUT2D eigenvalue weighted by Gasteiger charge is -2.01. The van der Waals surface area contributed by atoms with Gasteiger partial charge in [0.05, 0.1) is 6.61 Å². The molecular formula is C9H13NO4.